The maximum Gasteiger partial charge on any atom is 0.272 e. The van der Waals surface area contributed by atoms with E-state index in [0.29, 0.717) is 18.4 Å². The average Bonchev–Trinajstić information content (AvgIpc) is 2.62. The summed E-state index contributed by atoms with van der Waals surface area (Å²) in [4.78, 5) is 12.1. The minimum Gasteiger partial charge on any atom is -0.366 e. The lowest BCUT2D eigenvalue weighted by molar-refractivity contribution is 0.0945. The second-order valence-electron chi connectivity index (χ2n) is 6.09. The van der Waals surface area contributed by atoms with Crippen molar-refractivity contribution in [1.29, 1.82) is 0 Å². The highest BCUT2D eigenvalue weighted by molar-refractivity contribution is 5.92. The Morgan fingerprint density at radius 2 is 1.79 bits per heavy atom. The summed E-state index contributed by atoms with van der Waals surface area (Å²) < 4.78 is 12.8. The van der Waals surface area contributed by atoms with Crippen LogP contribution in [0.1, 0.15) is 48.2 Å². The second kappa shape index (κ2) is 7.86. The van der Waals surface area contributed by atoms with Crippen molar-refractivity contribution >= 4 is 11.7 Å². The molecule has 0 radical (unpaired) electrons. The average molecular weight is 328 g/mol. The van der Waals surface area contributed by atoms with Crippen LogP contribution in [0.3, 0.4) is 0 Å². The zero-order valence-corrected chi connectivity index (χ0v) is 13.5. The second-order valence-corrected chi connectivity index (χ2v) is 6.09. The standard InChI is InChI=1S/C18H21FN4O/c19-14-8-6-13(7-9-14)12-20-18(24)16-10-11-17(23-22-16)21-15-4-2-1-3-5-15/h6-11,15H,1-5,12H2,(H,20,24)(H,21,23). The van der Waals surface area contributed by atoms with Crippen LogP contribution < -0.4 is 10.6 Å². The van der Waals surface area contributed by atoms with E-state index in [9.17, 15) is 9.18 Å². The number of aromatic nitrogens is 2. The molecule has 1 aliphatic rings. The molecule has 1 aromatic carbocycles. The van der Waals surface area contributed by atoms with Crippen LogP contribution in [-0.4, -0.2) is 22.1 Å². The Hall–Kier alpha value is -2.50. The van der Waals surface area contributed by atoms with Gasteiger partial charge < -0.3 is 10.6 Å². The first-order valence-electron chi connectivity index (χ1n) is 8.33. The van der Waals surface area contributed by atoms with Crippen LogP contribution in [0.2, 0.25) is 0 Å². The SMILES string of the molecule is O=C(NCc1ccc(F)cc1)c1ccc(NC2CCCCC2)nn1. The van der Waals surface area contributed by atoms with Gasteiger partial charge in [-0.05, 0) is 42.7 Å². The summed E-state index contributed by atoms with van der Waals surface area (Å²) >= 11 is 0. The van der Waals surface area contributed by atoms with Crippen LogP contribution in [0.15, 0.2) is 36.4 Å². The molecule has 0 spiro atoms. The lowest BCUT2D eigenvalue weighted by atomic mass is 9.95. The number of hydrogen-bond donors (Lipinski definition) is 2. The van der Waals surface area contributed by atoms with E-state index < -0.39 is 0 Å². The third kappa shape index (κ3) is 4.50. The molecular formula is C18H21FN4O. The molecule has 0 atom stereocenters. The van der Waals surface area contributed by atoms with Gasteiger partial charge in [-0.3, -0.25) is 4.79 Å². The predicted molar refractivity (Wildman–Crippen MR) is 90.1 cm³/mol. The molecule has 1 fully saturated rings. The summed E-state index contributed by atoms with van der Waals surface area (Å²) in [6.45, 7) is 0.322. The van der Waals surface area contributed by atoms with Gasteiger partial charge in [0, 0.05) is 12.6 Å². The fourth-order valence-electron chi connectivity index (χ4n) is 2.86. The smallest absolute Gasteiger partial charge is 0.272 e. The van der Waals surface area contributed by atoms with E-state index in [4.69, 9.17) is 0 Å². The van der Waals surface area contributed by atoms with Crippen molar-refractivity contribution in [2.24, 2.45) is 0 Å². The number of benzene rings is 1. The van der Waals surface area contributed by atoms with Gasteiger partial charge in [0.05, 0.1) is 0 Å². The number of anilines is 1. The Kier molecular flexibility index (Phi) is 5.36. The van der Waals surface area contributed by atoms with Gasteiger partial charge in [-0.25, -0.2) is 4.39 Å². The fraction of sp³-hybridized carbons (Fsp3) is 0.389. The molecule has 1 heterocycles. The summed E-state index contributed by atoms with van der Waals surface area (Å²) in [7, 11) is 0. The number of nitrogens with one attached hydrogen (secondary N) is 2. The highest BCUT2D eigenvalue weighted by atomic mass is 19.1. The van der Waals surface area contributed by atoms with Crippen molar-refractivity contribution in [3.63, 3.8) is 0 Å². The topological polar surface area (TPSA) is 66.9 Å². The van der Waals surface area contributed by atoms with E-state index in [-0.39, 0.29) is 17.4 Å². The Labute approximate surface area is 140 Å². The number of rotatable bonds is 5. The lowest BCUT2D eigenvalue weighted by Gasteiger charge is -2.22. The largest absolute Gasteiger partial charge is 0.366 e. The molecule has 1 amide bonds. The van der Waals surface area contributed by atoms with E-state index in [1.165, 1.54) is 31.4 Å². The molecule has 0 unspecified atom stereocenters. The third-order valence-electron chi connectivity index (χ3n) is 4.22. The maximum absolute atomic E-state index is 12.8. The van der Waals surface area contributed by atoms with Gasteiger partial charge in [-0.1, -0.05) is 31.4 Å². The van der Waals surface area contributed by atoms with Gasteiger partial charge in [0.2, 0.25) is 0 Å². The first kappa shape index (κ1) is 16.4. The van der Waals surface area contributed by atoms with E-state index in [1.54, 1.807) is 24.3 Å². The molecule has 3 rings (SSSR count). The summed E-state index contributed by atoms with van der Waals surface area (Å²) in [5.74, 6) is 0.116. The summed E-state index contributed by atoms with van der Waals surface area (Å²) in [6.07, 6.45) is 6.10. The molecule has 5 nitrogen and oxygen atoms in total. The minimum atomic E-state index is -0.295. The molecule has 0 aliphatic heterocycles. The Balaban J connectivity index is 1.52. The van der Waals surface area contributed by atoms with Crippen molar-refractivity contribution in [1.82, 2.24) is 15.5 Å². The molecule has 0 bridgehead atoms. The normalized spacial score (nSPS) is 15.0. The number of hydrogen-bond acceptors (Lipinski definition) is 4. The molecule has 24 heavy (non-hydrogen) atoms. The Morgan fingerprint density at radius 1 is 1.04 bits per heavy atom. The predicted octanol–water partition coefficient (Wildman–Crippen LogP) is 3.29. The van der Waals surface area contributed by atoms with Crippen LogP contribution in [0.4, 0.5) is 10.2 Å². The highest BCUT2D eigenvalue weighted by Gasteiger charge is 2.14. The highest BCUT2D eigenvalue weighted by Crippen LogP contribution is 2.20. The van der Waals surface area contributed by atoms with Crippen molar-refractivity contribution in [2.45, 2.75) is 44.7 Å². The van der Waals surface area contributed by atoms with Gasteiger partial charge in [0.1, 0.15) is 11.6 Å². The molecule has 2 aromatic rings. The first-order chi connectivity index (χ1) is 11.7. The van der Waals surface area contributed by atoms with E-state index in [1.807, 2.05) is 0 Å². The molecule has 1 saturated carbocycles. The van der Waals surface area contributed by atoms with E-state index >= 15 is 0 Å². The van der Waals surface area contributed by atoms with Gasteiger partial charge in [-0.15, -0.1) is 10.2 Å². The number of carbonyl (C=O) groups excluding carboxylic acids is 1. The number of amides is 1. The van der Waals surface area contributed by atoms with Crippen molar-refractivity contribution < 1.29 is 9.18 Å². The molecular weight excluding hydrogens is 307 g/mol. The molecule has 2 N–H and O–H groups in total. The van der Waals surface area contributed by atoms with E-state index in [2.05, 4.69) is 20.8 Å². The first-order valence-corrected chi connectivity index (χ1v) is 8.33. The molecule has 0 saturated heterocycles. The lowest BCUT2D eigenvalue weighted by Crippen LogP contribution is -2.25. The quantitative estimate of drug-likeness (QED) is 0.884. The van der Waals surface area contributed by atoms with Crippen molar-refractivity contribution in [3.8, 4) is 0 Å². The van der Waals surface area contributed by atoms with Crippen LogP contribution in [0.5, 0.6) is 0 Å². The van der Waals surface area contributed by atoms with E-state index in [0.717, 1.165) is 18.4 Å². The van der Waals surface area contributed by atoms with Gasteiger partial charge in [0.25, 0.3) is 5.91 Å². The molecule has 1 aromatic heterocycles. The summed E-state index contributed by atoms with van der Waals surface area (Å²) in [6, 6.07) is 9.91. The molecule has 6 heteroatoms. The number of halogens is 1. The molecule has 126 valence electrons. The number of nitrogens with zero attached hydrogens (tertiary/aromatic N) is 2. The summed E-state index contributed by atoms with van der Waals surface area (Å²) in [5.41, 5.74) is 1.10. The third-order valence-corrected chi connectivity index (χ3v) is 4.22. The van der Waals surface area contributed by atoms with Gasteiger partial charge >= 0.3 is 0 Å². The number of carbonyl (C=O) groups is 1. The van der Waals surface area contributed by atoms with Gasteiger partial charge in [0.15, 0.2) is 5.69 Å². The summed E-state index contributed by atoms with van der Waals surface area (Å²) in [5, 5.41) is 14.2. The Morgan fingerprint density at radius 3 is 2.46 bits per heavy atom. The fourth-order valence-corrected chi connectivity index (χ4v) is 2.86. The zero-order valence-electron chi connectivity index (χ0n) is 13.5. The van der Waals surface area contributed by atoms with Crippen molar-refractivity contribution in [2.75, 3.05) is 5.32 Å². The van der Waals surface area contributed by atoms with Crippen molar-refractivity contribution in [3.05, 3.63) is 53.5 Å². The van der Waals surface area contributed by atoms with Gasteiger partial charge in [-0.2, -0.15) is 0 Å². The molecule has 1 aliphatic carbocycles. The maximum atomic E-state index is 12.8. The van der Waals surface area contributed by atoms with Crippen LogP contribution in [0, 0.1) is 5.82 Å². The minimum absolute atomic E-state index is 0.270. The van der Waals surface area contributed by atoms with Crippen LogP contribution >= 0.6 is 0 Å². The van der Waals surface area contributed by atoms with Crippen LogP contribution in [-0.2, 0) is 6.54 Å². The van der Waals surface area contributed by atoms with Crippen LogP contribution in [0.25, 0.3) is 0 Å². The Bertz CT molecular complexity index is 666. The monoisotopic (exact) mass is 328 g/mol. The zero-order chi connectivity index (χ0) is 16.8.